The SMILES string of the molecule is O=c1ccc2c(N(CCO)CCc3ccc(Nc4cccc(-c5cccnc5)c4)cc3)ccc(O)c2[nH]1. The van der Waals surface area contributed by atoms with E-state index in [0.717, 1.165) is 45.6 Å². The Morgan fingerprint density at radius 1 is 0.865 bits per heavy atom. The lowest BCUT2D eigenvalue weighted by Gasteiger charge is -2.25. The Morgan fingerprint density at radius 2 is 1.70 bits per heavy atom. The second kappa shape index (κ2) is 11.0. The summed E-state index contributed by atoms with van der Waals surface area (Å²) >= 11 is 0. The summed E-state index contributed by atoms with van der Waals surface area (Å²) < 4.78 is 0. The van der Waals surface area contributed by atoms with Crippen molar-refractivity contribution in [1.29, 1.82) is 0 Å². The first-order chi connectivity index (χ1) is 18.1. The van der Waals surface area contributed by atoms with Crippen LogP contribution in [-0.2, 0) is 6.42 Å². The Balaban J connectivity index is 1.28. The van der Waals surface area contributed by atoms with Gasteiger partial charge >= 0.3 is 0 Å². The maximum atomic E-state index is 11.7. The normalized spacial score (nSPS) is 10.9. The van der Waals surface area contributed by atoms with Gasteiger partial charge < -0.3 is 25.4 Å². The van der Waals surface area contributed by atoms with Gasteiger partial charge in [0.25, 0.3) is 0 Å². The molecule has 0 radical (unpaired) electrons. The Kier molecular flexibility index (Phi) is 7.14. The van der Waals surface area contributed by atoms with Crippen molar-refractivity contribution in [2.45, 2.75) is 6.42 Å². The largest absolute Gasteiger partial charge is 0.506 e. The van der Waals surface area contributed by atoms with E-state index in [-0.39, 0.29) is 17.9 Å². The molecule has 0 spiro atoms. The molecule has 0 saturated heterocycles. The fourth-order valence-corrected chi connectivity index (χ4v) is 4.47. The molecule has 0 fully saturated rings. The third-order valence-corrected chi connectivity index (χ3v) is 6.33. The van der Waals surface area contributed by atoms with Crippen LogP contribution < -0.4 is 15.8 Å². The Morgan fingerprint density at radius 3 is 2.49 bits per heavy atom. The van der Waals surface area contributed by atoms with Crippen molar-refractivity contribution in [1.82, 2.24) is 9.97 Å². The van der Waals surface area contributed by atoms with E-state index in [0.29, 0.717) is 18.6 Å². The number of benzene rings is 3. The molecule has 2 heterocycles. The number of aliphatic hydroxyl groups is 1. The van der Waals surface area contributed by atoms with Crippen molar-refractivity contribution in [2.75, 3.05) is 29.9 Å². The molecule has 0 unspecified atom stereocenters. The number of aromatic nitrogens is 2. The molecule has 0 aliphatic heterocycles. The number of hydrogen-bond acceptors (Lipinski definition) is 6. The van der Waals surface area contributed by atoms with Crippen molar-refractivity contribution >= 4 is 28.0 Å². The highest BCUT2D eigenvalue weighted by Gasteiger charge is 2.13. The number of aliphatic hydroxyl groups excluding tert-OH is 1. The van der Waals surface area contributed by atoms with E-state index < -0.39 is 0 Å². The quantitative estimate of drug-likeness (QED) is 0.229. The lowest BCUT2D eigenvalue weighted by atomic mass is 10.1. The molecule has 4 N–H and O–H groups in total. The smallest absolute Gasteiger partial charge is 0.248 e. The number of phenols is 1. The van der Waals surface area contributed by atoms with Crippen molar-refractivity contribution in [2.24, 2.45) is 0 Å². The summed E-state index contributed by atoms with van der Waals surface area (Å²) in [6.07, 6.45) is 4.39. The van der Waals surface area contributed by atoms with Gasteiger partial charge in [-0.25, -0.2) is 0 Å². The van der Waals surface area contributed by atoms with Crippen molar-refractivity contribution in [3.8, 4) is 16.9 Å². The van der Waals surface area contributed by atoms with Gasteiger partial charge in [-0.2, -0.15) is 0 Å². The van der Waals surface area contributed by atoms with Crippen LogP contribution in [0.5, 0.6) is 5.75 Å². The van der Waals surface area contributed by atoms with Gasteiger partial charge in [0.15, 0.2) is 0 Å². The zero-order chi connectivity index (χ0) is 25.6. The minimum Gasteiger partial charge on any atom is -0.506 e. The average molecular weight is 493 g/mol. The molecule has 37 heavy (non-hydrogen) atoms. The number of nitrogens with one attached hydrogen (secondary N) is 2. The van der Waals surface area contributed by atoms with Crippen molar-refractivity contribution < 1.29 is 10.2 Å². The minimum atomic E-state index is -0.272. The van der Waals surface area contributed by atoms with Crippen LogP contribution in [0.3, 0.4) is 0 Å². The van der Waals surface area contributed by atoms with E-state index in [9.17, 15) is 15.0 Å². The molecule has 7 heteroatoms. The first kappa shape index (κ1) is 24.1. The molecule has 0 aliphatic rings. The molecule has 0 bridgehead atoms. The summed E-state index contributed by atoms with van der Waals surface area (Å²) in [7, 11) is 0. The second-order valence-corrected chi connectivity index (χ2v) is 8.82. The van der Waals surface area contributed by atoms with Crippen molar-refractivity contribution in [3.63, 3.8) is 0 Å². The number of aromatic amines is 1. The van der Waals surface area contributed by atoms with Crippen LogP contribution in [0, 0.1) is 0 Å². The first-order valence-corrected chi connectivity index (χ1v) is 12.2. The summed E-state index contributed by atoms with van der Waals surface area (Å²) in [5.74, 6) is 0.0226. The minimum absolute atomic E-state index is 0.00725. The molecule has 0 amide bonds. The van der Waals surface area contributed by atoms with Gasteiger partial charge in [-0.05, 0) is 66.1 Å². The number of hydrogen-bond donors (Lipinski definition) is 4. The zero-order valence-corrected chi connectivity index (χ0v) is 20.3. The molecule has 0 saturated carbocycles. The molecule has 0 atom stereocenters. The number of nitrogens with zero attached hydrogens (tertiary/aromatic N) is 2. The fraction of sp³-hybridized carbons (Fsp3) is 0.133. The van der Waals surface area contributed by atoms with Crippen LogP contribution in [0.2, 0.25) is 0 Å². The van der Waals surface area contributed by atoms with Crippen LogP contribution in [0.1, 0.15) is 5.56 Å². The molecule has 186 valence electrons. The van der Waals surface area contributed by atoms with Gasteiger partial charge in [-0.3, -0.25) is 9.78 Å². The van der Waals surface area contributed by atoms with Crippen LogP contribution >= 0.6 is 0 Å². The number of aromatic hydroxyl groups is 1. The number of anilines is 3. The Bertz CT molecular complexity index is 1550. The highest BCUT2D eigenvalue weighted by atomic mass is 16.3. The highest BCUT2D eigenvalue weighted by Crippen LogP contribution is 2.31. The Labute approximate surface area is 214 Å². The monoisotopic (exact) mass is 492 g/mol. The lowest BCUT2D eigenvalue weighted by Crippen LogP contribution is -2.29. The summed E-state index contributed by atoms with van der Waals surface area (Å²) in [5.41, 5.74) is 6.31. The van der Waals surface area contributed by atoms with E-state index >= 15 is 0 Å². The highest BCUT2D eigenvalue weighted by molar-refractivity contribution is 5.95. The molecule has 0 aliphatic carbocycles. The topological polar surface area (TPSA) is 101 Å². The standard InChI is InChI=1S/C30H28N4O3/c35-18-17-34(27-11-12-28(36)30-26(27)10-13-29(37)33-30)16-14-21-6-8-24(9-7-21)32-25-5-1-3-22(19-25)23-4-2-15-31-20-23/h1-13,15,19-20,32,35-36H,14,16-18H2,(H,33,37). The third kappa shape index (κ3) is 5.63. The van der Waals surface area contributed by atoms with E-state index in [1.807, 2.05) is 36.5 Å². The molecule has 5 aromatic rings. The molecule has 7 nitrogen and oxygen atoms in total. The molecule has 2 aromatic heterocycles. The lowest BCUT2D eigenvalue weighted by molar-refractivity contribution is 0.302. The number of fused-ring (bicyclic) bond motifs is 1. The maximum absolute atomic E-state index is 11.7. The van der Waals surface area contributed by atoms with Gasteiger partial charge in [0.05, 0.1) is 12.1 Å². The van der Waals surface area contributed by atoms with Crippen LogP contribution in [0.4, 0.5) is 17.1 Å². The van der Waals surface area contributed by atoms with E-state index in [4.69, 9.17) is 0 Å². The molecule has 3 aromatic carbocycles. The predicted octanol–water partition coefficient (Wildman–Crippen LogP) is 5.08. The molecular weight excluding hydrogens is 464 g/mol. The third-order valence-electron chi connectivity index (χ3n) is 6.33. The van der Waals surface area contributed by atoms with Crippen LogP contribution in [0.15, 0.2) is 102 Å². The van der Waals surface area contributed by atoms with Crippen molar-refractivity contribution in [3.05, 3.63) is 113 Å². The summed E-state index contributed by atoms with van der Waals surface area (Å²) in [6.45, 7) is 1.10. The molecule has 5 rings (SSSR count). The summed E-state index contributed by atoms with van der Waals surface area (Å²) in [4.78, 5) is 20.7. The maximum Gasteiger partial charge on any atom is 0.248 e. The number of H-pyrrole nitrogens is 1. The van der Waals surface area contributed by atoms with E-state index in [1.54, 1.807) is 18.3 Å². The van der Waals surface area contributed by atoms with Crippen LogP contribution in [-0.4, -0.2) is 39.9 Å². The number of pyridine rings is 2. The van der Waals surface area contributed by atoms with Gasteiger partial charge in [-0.1, -0.05) is 30.3 Å². The predicted molar refractivity (Wildman–Crippen MR) is 149 cm³/mol. The Hall–Kier alpha value is -4.62. The number of rotatable bonds is 9. The second-order valence-electron chi connectivity index (χ2n) is 8.82. The van der Waals surface area contributed by atoms with Gasteiger partial charge in [0.1, 0.15) is 5.75 Å². The van der Waals surface area contributed by atoms with Gasteiger partial charge in [-0.15, -0.1) is 0 Å². The van der Waals surface area contributed by atoms with Gasteiger partial charge in [0, 0.05) is 59.6 Å². The summed E-state index contributed by atoms with van der Waals surface area (Å²) in [5, 5.41) is 24.1. The molecular formula is C30H28N4O3. The van der Waals surface area contributed by atoms with E-state index in [2.05, 4.69) is 56.6 Å². The fourth-order valence-electron chi connectivity index (χ4n) is 4.47. The van der Waals surface area contributed by atoms with E-state index in [1.165, 1.54) is 6.07 Å². The zero-order valence-electron chi connectivity index (χ0n) is 20.3. The first-order valence-electron chi connectivity index (χ1n) is 12.2. The average Bonchev–Trinajstić information content (AvgIpc) is 2.93. The van der Waals surface area contributed by atoms with Crippen LogP contribution in [0.25, 0.3) is 22.0 Å². The summed E-state index contributed by atoms with van der Waals surface area (Å²) in [6, 6.07) is 27.1. The van der Waals surface area contributed by atoms with Gasteiger partial charge in [0.2, 0.25) is 5.56 Å². The number of phenolic OH excluding ortho intramolecular Hbond substituents is 1.